The second-order valence-electron chi connectivity index (χ2n) is 6.08. The summed E-state index contributed by atoms with van der Waals surface area (Å²) in [6.45, 7) is 4.03. The zero-order valence-electron chi connectivity index (χ0n) is 12.5. The van der Waals surface area contributed by atoms with Crippen molar-refractivity contribution in [2.75, 3.05) is 33.3 Å². The molecule has 0 aliphatic carbocycles. The van der Waals surface area contributed by atoms with Crippen molar-refractivity contribution in [2.24, 2.45) is 5.92 Å². The van der Waals surface area contributed by atoms with E-state index in [1.807, 2.05) is 14.0 Å². The van der Waals surface area contributed by atoms with Gasteiger partial charge in [0.15, 0.2) is 0 Å². The minimum atomic E-state index is -4.03. The third-order valence-corrected chi connectivity index (χ3v) is 4.46. The number of likely N-dealkylation sites (tertiary alicyclic amines) is 1. The maximum atomic E-state index is 12.5. The van der Waals surface area contributed by atoms with E-state index in [4.69, 9.17) is 0 Å². The Morgan fingerprint density at radius 1 is 1.20 bits per heavy atom. The van der Waals surface area contributed by atoms with E-state index in [9.17, 15) is 18.3 Å². The number of rotatable bonds is 7. The number of hydrogen-bond donors (Lipinski definition) is 2. The number of hydrogen-bond acceptors (Lipinski definition) is 3. The SMILES string of the molecule is CNC(C)(CO)CCCCN1CCC(C(F)(F)F)CC1. The predicted molar refractivity (Wildman–Crippen MR) is 73.6 cm³/mol. The number of aliphatic hydroxyl groups excluding tert-OH is 1. The minimum absolute atomic E-state index is 0.0977. The van der Waals surface area contributed by atoms with Gasteiger partial charge >= 0.3 is 6.18 Å². The number of unbranched alkanes of at least 4 members (excludes halogenated alkanes) is 1. The van der Waals surface area contributed by atoms with Crippen molar-refractivity contribution in [1.29, 1.82) is 0 Å². The van der Waals surface area contributed by atoms with Crippen molar-refractivity contribution >= 4 is 0 Å². The van der Waals surface area contributed by atoms with Gasteiger partial charge < -0.3 is 15.3 Å². The number of alkyl halides is 3. The molecule has 1 aliphatic rings. The Morgan fingerprint density at radius 2 is 1.80 bits per heavy atom. The first-order valence-electron chi connectivity index (χ1n) is 7.39. The van der Waals surface area contributed by atoms with Crippen LogP contribution in [-0.2, 0) is 0 Å². The highest BCUT2D eigenvalue weighted by molar-refractivity contribution is 4.81. The average Bonchev–Trinajstić information content (AvgIpc) is 2.43. The van der Waals surface area contributed by atoms with E-state index >= 15 is 0 Å². The van der Waals surface area contributed by atoms with E-state index in [0.29, 0.717) is 13.1 Å². The number of halogens is 3. The molecular formula is C14H27F3N2O. The van der Waals surface area contributed by atoms with E-state index in [-0.39, 0.29) is 25.0 Å². The van der Waals surface area contributed by atoms with Crippen LogP contribution in [0.3, 0.4) is 0 Å². The van der Waals surface area contributed by atoms with Gasteiger partial charge in [0.05, 0.1) is 12.5 Å². The molecular weight excluding hydrogens is 269 g/mol. The quantitative estimate of drug-likeness (QED) is 0.708. The van der Waals surface area contributed by atoms with Gasteiger partial charge in [0, 0.05) is 5.54 Å². The van der Waals surface area contributed by atoms with Gasteiger partial charge in [-0.3, -0.25) is 0 Å². The lowest BCUT2D eigenvalue weighted by atomic mass is 9.94. The lowest BCUT2D eigenvalue weighted by Crippen LogP contribution is -2.43. The molecule has 1 heterocycles. The Kier molecular flexibility index (Phi) is 6.75. The van der Waals surface area contributed by atoms with Crippen LogP contribution in [0.15, 0.2) is 0 Å². The molecule has 1 atom stereocenters. The van der Waals surface area contributed by atoms with E-state index in [2.05, 4.69) is 10.2 Å². The molecule has 1 saturated heterocycles. The first-order valence-corrected chi connectivity index (χ1v) is 7.39. The van der Waals surface area contributed by atoms with Crippen LogP contribution >= 0.6 is 0 Å². The Morgan fingerprint density at radius 3 is 2.25 bits per heavy atom. The standard InChI is InChI=1S/C14H27F3N2O/c1-13(11-20,18-2)7-3-4-8-19-9-5-12(6-10-19)14(15,16)17/h12,18,20H,3-11H2,1-2H3. The molecule has 3 nitrogen and oxygen atoms in total. The summed E-state index contributed by atoms with van der Waals surface area (Å²) in [5.74, 6) is -1.11. The molecule has 0 amide bonds. The molecule has 0 aromatic heterocycles. The van der Waals surface area contributed by atoms with E-state index in [1.165, 1.54) is 0 Å². The number of nitrogens with zero attached hydrogens (tertiary/aromatic N) is 1. The van der Waals surface area contributed by atoms with Crippen molar-refractivity contribution in [2.45, 2.75) is 50.7 Å². The van der Waals surface area contributed by atoms with E-state index < -0.39 is 12.1 Å². The zero-order valence-corrected chi connectivity index (χ0v) is 12.5. The smallest absolute Gasteiger partial charge is 0.391 e. The molecule has 120 valence electrons. The second kappa shape index (κ2) is 7.61. The van der Waals surface area contributed by atoms with Crippen LogP contribution in [0.4, 0.5) is 13.2 Å². The fourth-order valence-electron chi connectivity index (χ4n) is 2.62. The fourth-order valence-corrected chi connectivity index (χ4v) is 2.62. The Hall–Kier alpha value is -0.330. The lowest BCUT2D eigenvalue weighted by molar-refractivity contribution is -0.185. The van der Waals surface area contributed by atoms with Crippen molar-refractivity contribution in [3.05, 3.63) is 0 Å². The molecule has 0 aromatic rings. The minimum Gasteiger partial charge on any atom is -0.394 e. The summed E-state index contributed by atoms with van der Waals surface area (Å²) >= 11 is 0. The van der Waals surface area contributed by atoms with Crippen molar-refractivity contribution in [3.8, 4) is 0 Å². The molecule has 1 fully saturated rings. The number of nitrogens with one attached hydrogen (secondary N) is 1. The Balaban J connectivity index is 2.16. The second-order valence-corrected chi connectivity index (χ2v) is 6.08. The first kappa shape index (κ1) is 17.7. The highest BCUT2D eigenvalue weighted by Gasteiger charge is 2.40. The van der Waals surface area contributed by atoms with Crippen molar-refractivity contribution < 1.29 is 18.3 Å². The van der Waals surface area contributed by atoms with Crippen LogP contribution in [0.1, 0.15) is 39.0 Å². The first-order chi connectivity index (χ1) is 9.30. The summed E-state index contributed by atoms with van der Waals surface area (Å²) in [4.78, 5) is 2.12. The van der Waals surface area contributed by atoms with Crippen molar-refractivity contribution in [3.63, 3.8) is 0 Å². The normalized spacial score (nSPS) is 21.9. The molecule has 20 heavy (non-hydrogen) atoms. The number of piperidine rings is 1. The van der Waals surface area contributed by atoms with Crippen LogP contribution in [0.25, 0.3) is 0 Å². The molecule has 0 bridgehead atoms. The van der Waals surface area contributed by atoms with Crippen molar-refractivity contribution in [1.82, 2.24) is 10.2 Å². The maximum Gasteiger partial charge on any atom is 0.391 e. The van der Waals surface area contributed by atoms with Gasteiger partial charge in [0.2, 0.25) is 0 Å². The molecule has 0 saturated carbocycles. The topological polar surface area (TPSA) is 35.5 Å². The van der Waals surface area contributed by atoms with E-state index in [0.717, 1.165) is 25.8 Å². The lowest BCUT2D eigenvalue weighted by Gasteiger charge is -2.33. The van der Waals surface area contributed by atoms with Gasteiger partial charge in [-0.05, 0) is 59.3 Å². The number of aliphatic hydroxyl groups is 1. The highest BCUT2D eigenvalue weighted by Crippen LogP contribution is 2.34. The van der Waals surface area contributed by atoms with Gasteiger partial charge in [0.1, 0.15) is 0 Å². The van der Waals surface area contributed by atoms with Crippen LogP contribution < -0.4 is 5.32 Å². The molecule has 0 spiro atoms. The molecule has 0 aromatic carbocycles. The monoisotopic (exact) mass is 296 g/mol. The number of likely N-dealkylation sites (N-methyl/N-ethyl adjacent to an activating group) is 1. The van der Waals surface area contributed by atoms with Crippen LogP contribution in [-0.4, -0.2) is 55.0 Å². The van der Waals surface area contributed by atoms with Gasteiger partial charge in [-0.2, -0.15) is 13.2 Å². The summed E-state index contributed by atoms with van der Waals surface area (Å²) in [5.41, 5.74) is -0.247. The highest BCUT2D eigenvalue weighted by atomic mass is 19.4. The largest absolute Gasteiger partial charge is 0.394 e. The maximum absolute atomic E-state index is 12.5. The summed E-state index contributed by atoms with van der Waals surface area (Å²) in [5, 5.41) is 12.4. The third kappa shape index (κ3) is 5.58. The molecule has 6 heteroatoms. The molecule has 0 radical (unpaired) electrons. The van der Waals surface area contributed by atoms with Gasteiger partial charge in [-0.25, -0.2) is 0 Å². The molecule has 2 N–H and O–H groups in total. The zero-order chi connectivity index (χ0) is 15.2. The predicted octanol–water partition coefficient (Wildman–Crippen LogP) is 2.40. The molecule has 1 aliphatic heterocycles. The summed E-state index contributed by atoms with van der Waals surface area (Å²) in [6.07, 6.45) is -0.755. The third-order valence-electron chi connectivity index (χ3n) is 4.46. The van der Waals surface area contributed by atoms with Crippen LogP contribution in [0.2, 0.25) is 0 Å². The van der Waals surface area contributed by atoms with Gasteiger partial charge in [-0.15, -0.1) is 0 Å². The Labute approximate surface area is 119 Å². The molecule has 1 rings (SSSR count). The average molecular weight is 296 g/mol. The fraction of sp³-hybridized carbons (Fsp3) is 1.00. The van der Waals surface area contributed by atoms with Gasteiger partial charge in [0.25, 0.3) is 0 Å². The van der Waals surface area contributed by atoms with Crippen LogP contribution in [0.5, 0.6) is 0 Å². The molecule has 1 unspecified atom stereocenters. The van der Waals surface area contributed by atoms with Gasteiger partial charge in [-0.1, -0.05) is 6.42 Å². The van der Waals surface area contributed by atoms with Crippen LogP contribution in [0, 0.1) is 5.92 Å². The summed E-state index contributed by atoms with van der Waals surface area (Å²) in [6, 6.07) is 0. The summed E-state index contributed by atoms with van der Waals surface area (Å²) < 4.78 is 37.6. The Bertz CT molecular complexity index is 272. The summed E-state index contributed by atoms with van der Waals surface area (Å²) in [7, 11) is 1.83. The van der Waals surface area contributed by atoms with E-state index in [1.54, 1.807) is 0 Å².